The van der Waals surface area contributed by atoms with E-state index in [2.05, 4.69) is 24.1 Å². The highest BCUT2D eigenvalue weighted by molar-refractivity contribution is 5.78. The first kappa shape index (κ1) is 17.4. The van der Waals surface area contributed by atoms with Crippen LogP contribution in [0.1, 0.15) is 65.7 Å². The van der Waals surface area contributed by atoms with Crippen molar-refractivity contribution in [1.29, 1.82) is 0 Å². The van der Waals surface area contributed by atoms with Crippen LogP contribution in [0, 0.1) is 0 Å². The Kier molecular flexibility index (Phi) is 7.52. The van der Waals surface area contributed by atoms with Crippen molar-refractivity contribution < 1.29 is 9.90 Å². The monoisotopic (exact) mass is 284 g/mol. The number of rotatable bonds is 9. The summed E-state index contributed by atoms with van der Waals surface area (Å²) < 4.78 is 0. The molecule has 2 unspecified atom stereocenters. The molecule has 20 heavy (non-hydrogen) atoms. The first-order chi connectivity index (χ1) is 9.53. The second kappa shape index (κ2) is 8.63. The standard InChI is InChI=1S/C16H32N2O2/c1-4-11-17-16(3,15(19)20)10-8-13-18-12-7-6-9-14(18)5-2/h14,17H,4-13H2,1-3H3,(H,19,20). The summed E-state index contributed by atoms with van der Waals surface area (Å²) in [5.41, 5.74) is -0.770. The predicted octanol–water partition coefficient (Wildman–Crippen LogP) is 2.87. The number of likely N-dealkylation sites (tertiary alicyclic amines) is 1. The van der Waals surface area contributed by atoms with Crippen molar-refractivity contribution in [3.05, 3.63) is 0 Å². The van der Waals surface area contributed by atoms with Crippen LogP contribution in [-0.2, 0) is 4.79 Å². The number of aliphatic carboxylic acids is 1. The number of nitrogens with one attached hydrogen (secondary N) is 1. The van der Waals surface area contributed by atoms with E-state index < -0.39 is 11.5 Å². The molecule has 4 heteroatoms. The smallest absolute Gasteiger partial charge is 0.323 e. The molecule has 1 fully saturated rings. The highest BCUT2D eigenvalue weighted by Crippen LogP contribution is 2.21. The second-order valence-corrected chi connectivity index (χ2v) is 6.26. The summed E-state index contributed by atoms with van der Waals surface area (Å²) in [5, 5.41) is 12.6. The maximum Gasteiger partial charge on any atom is 0.323 e. The van der Waals surface area contributed by atoms with Crippen molar-refractivity contribution in [2.24, 2.45) is 0 Å². The molecule has 0 spiro atoms. The summed E-state index contributed by atoms with van der Waals surface area (Å²) >= 11 is 0. The molecule has 0 bridgehead atoms. The quantitative estimate of drug-likeness (QED) is 0.683. The van der Waals surface area contributed by atoms with Crippen molar-refractivity contribution in [3.8, 4) is 0 Å². The van der Waals surface area contributed by atoms with Gasteiger partial charge in [-0.15, -0.1) is 0 Å². The van der Waals surface area contributed by atoms with Crippen molar-refractivity contribution in [2.45, 2.75) is 77.3 Å². The van der Waals surface area contributed by atoms with Crippen LogP contribution in [0.5, 0.6) is 0 Å². The van der Waals surface area contributed by atoms with Crippen LogP contribution in [0.2, 0.25) is 0 Å². The zero-order chi connectivity index (χ0) is 15.0. The van der Waals surface area contributed by atoms with Crippen LogP contribution in [0.15, 0.2) is 0 Å². The Balaban J connectivity index is 2.41. The lowest BCUT2D eigenvalue weighted by atomic mass is 9.94. The minimum Gasteiger partial charge on any atom is -0.480 e. The minimum atomic E-state index is -0.770. The maximum absolute atomic E-state index is 11.5. The van der Waals surface area contributed by atoms with Gasteiger partial charge in [0.05, 0.1) is 0 Å². The summed E-state index contributed by atoms with van der Waals surface area (Å²) in [6.07, 6.45) is 7.78. The van der Waals surface area contributed by atoms with Gasteiger partial charge in [0.25, 0.3) is 0 Å². The SMILES string of the molecule is CCCNC(C)(CCCN1CCCCC1CC)C(=O)O. The fraction of sp³-hybridized carbons (Fsp3) is 0.938. The number of hydrogen-bond acceptors (Lipinski definition) is 3. The molecule has 4 nitrogen and oxygen atoms in total. The summed E-state index contributed by atoms with van der Waals surface area (Å²) in [6.45, 7) is 9.13. The first-order valence-corrected chi connectivity index (χ1v) is 8.26. The fourth-order valence-corrected chi connectivity index (χ4v) is 3.12. The highest BCUT2D eigenvalue weighted by Gasteiger charge is 2.32. The molecule has 0 aromatic carbocycles. The van der Waals surface area contributed by atoms with Gasteiger partial charge in [0.1, 0.15) is 5.54 Å². The van der Waals surface area contributed by atoms with E-state index in [1.165, 1.54) is 32.2 Å². The van der Waals surface area contributed by atoms with E-state index in [1.54, 1.807) is 0 Å². The fourth-order valence-electron chi connectivity index (χ4n) is 3.12. The molecule has 1 saturated heterocycles. The average Bonchev–Trinajstić information content (AvgIpc) is 2.45. The van der Waals surface area contributed by atoms with Gasteiger partial charge < -0.3 is 15.3 Å². The maximum atomic E-state index is 11.5. The molecule has 0 saturated carbocycles. The van der Waals surface area contributed by atoms with Crippen molar-refractivity contribution in [2.75, 3.05) is 19.6 Å². The van der Waals surface area contributed by atoms with Crippen LogP contribution < -0.4 is 5.32 Å². The molecule has 0 aromatic rings. The topological polar surface area (TPSA) is 52.6 Å². The Labute approximate surface area is 123 Å². The zero-order valence-corrected chi connectivity index (χ0v) is 13.5. The zero-order valence-electron chi connectivity index (χ0n) is 13.5. The number of carboxylic acid groups (broad SMARTS) is 1. The van der Waals surface area contributed by atoms with Gasteiger partial charge >= 0.3 is 5.97 Å². The summed E-state index contributed by atoms with van der Waals surface area (Å²) in [4.78, 5) is 14.0. The Bertz CT molecular complexity index is 296. The molecule has 1 aliphatic heterocycles. The molecule has 0 aliphatic carbocycles. The Morgan fingerprint density at radius 1 is 1.40 bits per heavy atom. The highest BCUT2D eigenvalue weighted by atomic mass is 16.4. The average molecular weight is 284 g/mol. The summed E-state index contributed by atoms with van der Waals surface area (Å²) in [5.74, 6) is -0.725. The molecule has 0 amide bonds. The molecule has 1 rings (SSSR count). The molecule has 2 N–H and O–H groups in total. The molecule has 118 valence electrons. The number of nitrogens with zero attached hydrogens (tertiary/aromatic N) is 1. The molecule has 0 radical (unpaired) electrons. The van der Waals surface area contributed by atoms with Gasteiger partial charge in [-0.1, -0.05) is 20.3 Å². The van der Waals surface area contributed by atoms with Gasteiger partial charge in [-0.05, 0) is 65.1 Å². The van der Waals surface area contributed by atoms with Gasteiger partial charge in [0.15, 0.2) is 0 Å². The van der Waals surface area contributed by atoms with Gasteiger partial charge in [0, 0.05) is 6.04 Å². The van der Waals surface area contributed by atoms with E-state index in [-0.39, 0.29) is 0 Å². The minimum absolute atomic E-state index is 0.704. The van der Waals surface area contributed by atoms with Crippen molar-refractivity contribution in [3.63, 3.8) is 0 Å². The van der Waals surface area contributed by atoms with E-state index >= 15 is 0 Å². The Hall–Kier alpha value is -0.610. The Morgan fingerprint density at radius 2 is 2.15 bits per heavy atom. The molecule has 1 heterocycles. The van der Waals surface area contributed by atoms with Crippen LogP contribution in [0.4, 0.5) is 0 Å². The van der Waals surface area contributed by atoms with Crippen molar-refractivity contribution in [1.82, 2.24) is 10.2 Å². The van der Waals surface area contributed by atoms with Gasteiger partial charge in [-0.2, -0.15) is 0 Å². The third-order valence-corrected chi connectivity index (χ3v) is 4.58. The van der Waals surface area contributed by atoms with Crippen molar-refractivity contribution >= 4 is 5.97 Å². The normalized spacial score (nSPS) is 23.4. The van der Waals surface area contributed by atoms with Gasteiger partial charge in [-0.25, -0.2) is 0 Å². The molecular formula is C16H32N2O2. The van der Waals surface area contributed by atoms with E-state index in [4.69, 9.17) is 0 Å². The van der Waals surface area contributed by atoms with Crippen LogP contribution in [-0.4, -0.2) is 47.2 Å². The predicted molar refractivity (Wildman–Crippen MR) is 83.1 cm³/mol. The van der Waals surface area contributed by atoms with Crippen LogP contribution >= 0.6 is 0 Å². The lowest BCUT2D eigenvalue weighted by molar-refractivity contribution is -0.144. The molecular weight excluding hydrogens is 252 g/mol. The summed E-state index contributed by atoms with van der Waals surface area (Å²) in [7, 11) is 0. The first-order valence-electron chi connectivity index (χ1n) is 8.26. The summed E-state index contributed by atoms with van der Waals surface area (Å²) in [6, 6.07) is 0.712. The third kappa shape index (κ3) is 5.06. The molecule has 2 atom stereocenters. The number of hydrogen-bond donors (Lipinski definition) is 2. The Morgan fingerprint density at radius 3 is 2.75 bits per heavy atom. The van der Waals surface area contributed by atoms with Gasteiger partial charge in [0.2, 0.25) is 0 Å². The number of carboxylic acids is 1. The van der Waals surface area contributed by atoms with E-state index in [1.807, 2.05) is 6.92 Å². The van der Waals surface area contributed by atoms with E-state index in [0.29, 0.717) is 12.5 Å². The second-order valence-electron chi connectivity index (χ2n) is 6.26. The number of carbonyl (C=O) groups is 1. The van der Waals surface area contributed by atoms with E-state index in [0.717, 1.165) is 25.9 Å². The largest absolute Gasteiger partial charge is 0.480 e. The molecule has 1 aliphatic rings. The van der Waals surface area contributed by atoms with Gasteiger partial charge in [-0.3, -0.25) is 4.79 Å². The third-order valence-electron chi connectivity index (χ3n) is 4.58. The van der Waals surface area contributed by atoms with Crippen LogP contribution in [0.3, 0.4) is 0 Å². The lowest BCUT2D eigenvalue weighted by Gasteiger charge is -2.36. The lowest BCUT2D eigenvalue weighted by Crippen LogP contribution is -2.50. The van der Waals surface area contributed by atoms with E-state index in [9.17, 15) is 9.90 Å². The number of piperidine rings is 1. The van der Waals surface area contributed by atoms with Crippen LogP contribution in [0.25, 0.3) is 0 Å². The molecule has 0 aromatic heterocycles.